The third kappa shape index (κ3) is 2.41. The van der Waals surface area contributed by atoms with Crippen LogP contribution in [0.3, 0.4) is 0 Å². The second-order valence-corrected chi connectivity index (χ2v) is 4.43. The third-order valence-corrected chi connectivity index (χ3v) is 3.15. The molecule has 18 heavy (non-hydrogen) atoms. The van der Waals surface area contributed by atoms with E-state index in [-0.39, 0.29) is 11.9 Å². The molecule has 0 saturated heterocycles. The van der Waals surface area contributed by atoms with Crippen LogP contribution in [0.4, 0.5) is 4.39 Å². The molecule has 1 atom stereocenters. The SMILES string of the molecule is CNC(c1ccc(F)cc1C)c1ncccc1C. The summed E-state index contributed by atoms with van der Waals surface area (Å²) in [5, 5.41) is 3.25. The number of halogens is 1. The van der Waals surface area contributed by atoms with Crippen LogP contribution in [0.25, 0.3) is 0 Å². The van der Waals surface area contributed by atoms with Gasteiger partial charge in [0.15, 0.2) is 0 Å². The van der Waals surface area contributed by atoms with Crippen molar-refractivity contribution in [3.05, 3.63) is 64.7 Å². The molecule has 0 fully saturated rings. The van der Waals surface area contributed by atoms with Crippen LogP contribution in [-0.2, 0) is 0 Å². The molecule has 94 valence electrons. The molecule has 2 nitrogen and oxygen atoms in total. The number of aromatic nitrogens is 1. The molecular formula is C15H17FN2. The monoisotopic (exact) mass is 244 g/mol. The zero-order chi connectivity index (χ0) is 13.1. The predicted octanol–water partition coefficient (Wildman–Crippen LogP) is 3.15. The van der Waals surface area contributed by atoms with Gasteiger partial charge in [0, 0.05) is 6.20 Å². The van der Waals surface area contributed by atoms with Crippen LogP contribution in [0.15, 0.2) is 36.5 Å². The highest BCUT2D eigenvalue weighted by atomic mass is 19.1. The second-order valence-electron chi connectivity index (χ2n) is 4.43. The van der Waals surface area contributed by atoms with Crippen molar-refractivity contribution in [2.24, 2.45) is 0 Å². The maximum Gasteiger partial charge on any atom is 0.123 e. The molecule has 2 rings (SSSR count). The maximum atomic E-state index is 13.2. The predicted molar refractivity (Wildman–Crippen MR) is 71.0 cm³/mol. The molecule has 3 heteroatoms. The largest absolute Gasteiger partial charge is 0.308 e. The molecule has 1 unspecified atom stereocenters. The van der Waals surface area contributed by atoms with Gasteiger partial charge in [-0.25, -0.2) is 4.39 Å². The minimum absolute atomic E-state index is 0.00759. The fourth-order valence-corrected chi connectivity index (χ4v) is 2.20. The molecule has 0 saturated carbocycles. The summed E-state index contributed by atoms with van der Waals surface area (Å²) in [6.07, 6.45) is 1.78. The van der Waals surface area contributed by atoms with E-state index in [2.05, 4.69) is 10.3 Å². The minimum Gasteiger partial charge on any atom is -0.308 e. The summed E-state index contributed by atoms with van der Waals surface area (Å²) in [6, 6.07) is 8.81. The van der Waals surface area contributed by atoms with Crippen LogP contribution in [-0.4, -0.2) is 12.0 Å². The highest BCUT2D eigenvalue weighted by Crippen LogP contribution is 2.25. The first-order valence-electron chi connectivity index (χ1n) is 5.98. The van der Waals surface area contributed by atoms with Crippen molar-refractivity contribution in [1.29, 1.82) is 0 Å². The van der Waals surface area contributed by atoms with Gasteiger partial charge < -0.3 is 5.32 Å². The lowest BCUT2D eigenvalue weighted by Gasteiger charge is -2.20. The van der Waals surface area contributed by atoms with E-state index < -0.39 is 0 Å². The third-order valence-electron chi connectivity index (χ3n) is 3.15. The first-order chi connectivity index (χ1) is 8.63. The molecule has 1 aromatic carbocycles. The van der Waals surface area contributed by atoms with Crippen molar-refractivity contribution in [3.63, 3.8) is 0 Å². The Bertz CT molecular complexity index is 552. The van der Waals surface area contributed by atoms with E-state index in [0.29, 0.717) is 0 Å². The Labute approximate surface area is 107 Å². The highest BCUT2D eigenvalue weighted by molar-refractivity contribution is 5.37. The summed E-state index contributed by atoms with van der Waals surface area (Å²) in [5.74, 6) is -0.205. The summed E-state index contributed by atoms with van der Waals surface area (Å²) in [7, 11) is 1.89. The van der Waals surface area contributed by atoms with Crippen LogP contribution in [0, 0.1) is 19.7 Å². The molecule has 1 N–H and O–H groups in total. The van der Waals surface area contributed by atoms with Crippen LogP contribution < -0.4 is 5.32 Å². The number of pyridine rings is 1. The second kappa shape index (κ2) is 5.27. The molecule has 0 radical (unpaired) electrons. The van der Waals surface area contributed by atoms with Crippen molar-refractivity contribution in [3.8, 4) is 0 Å². The topological polar surface area (TPSA) is 24.9 Å². The smallest absolute Gasteiger partial charge is 0.123 e. The van der Waals surface area contributed by atoms with Crippen molar-refractivity contribution < 1.29 is 4.39 Å². The molecule has 0 aliphatic carbocycles. The summed E-state index contributed by atoms with van der Waals surface area (Å²) in [5.41, 5.74) is 4.09. The van der Waals surface area contributed by atoms with Crippen molar-refractivity contribution in [1.82, 2.24) is 10.3 Å². The lowest BCUT2D eigenvalue weighted by molar-refractivity contribution is 0.618. The van der Waals surface area contributed by atoms with E-state index in [1.54, 1.807) is 12.3 Å². The van der Waals surface area contributed by atoms with Crippen LogP contribution in [0.2, 0.25) is 0 Å². The maximum absolute atomic E-state index is 13.2. The number of nitrogens with one attached hydrogen (secondary N) is 1. The van der Waals surface area contributed by atoms with E-state index in [4.69, 9.17) is 0 Å². The van der Waals surface area contributed by atoms with Gasteiger partial charge in [0.2, 0.25) is 0 Å². The molecule has 0 amide bonds. The Morgan fingerprint density at radius 1 is 1.17 bits per heavy atom. The average molecular weight is 244 g/mol. The van der Waals surface area contributed by atoms with Crippen LogP contribution in [0.5, 0.6) is 0 Å². The summed E-state index contributed by atoms with van der Waals surface area (Å²) >= 11 is 0. The fourth-order valence-electron chi connectivity index (χ4n) is 2.20. The van der Waals surface area contributed by atoms with Gasteiger partial charge >= 0.3 is 0 Å². The van der Waals surface area contributed by atoms with Gasteiger partial charge in [-0.05, 0) is 55.8 Å². The minimum atomic E-state index is -0.205. The van der Waals surface area contributed by atoms with Gasteiger partial charge in [0.05, 0.1) is 11.7 Å². The van der Waals surface area contributed by atoms with E-state index in [1.165, 1.54) is 6.07 Å². The molecular weight excluding hydrogens is 227 g/mol. The van der Waals surface area contributed by atoms with Gasteiger partial charge in [-0.15, -0.1) is 0 Å². The number of aryl methyl sites for hydroxylation is 2. The number of rotatable bonds is 3. The van der Waals surface area contributed by atoms with Crippen molar-refractivity contribution >= 4 is 0 Å². The van der Waals surface area contributed by atoms with Gasteiger partial charge in [0.1, 0.15) is 5.82 Å². The lowest BCUT2D eigenvalue weighted by atomic mass is 9.96. The Kier molecular flexibility index (Phi) is 3.72. The Morgan fingerprint density at radius 2 is 1.94 bits per heavy atom. The van der Waals surface area contributed by atoms with Gasteiger partial charge in [0.25, 0.3) is 0 Å². The molecule has 0 aliphatic rings. The van der Waals surface area contributed by atoms with Crippen molar-refractivity contribution in [2.45, 2.75) is 19.9 Å². The molecule has 0 spiro atoms. The highest BCUT2D eigenvalue weighted by Gasteiger charge is 2.17. The quantitative estimate of drug-likeness (QED) is 0.897. The summed E-state index contributed by atoms with van der Waals surface area (Å²) in [6.45, 7) is 3.95. The van der Waals surface area contributed by atoms with Gasteiger partial charge in [-0.1, -0.05) is 12.1 Å². The Morgan fingerprint density at radius 3 is 2.56 bits per heavy atom. The van der Waals surface area contributed by atoms with E-state index in [1.807, 2.05) is 39.1 Å². The first-order valence-corrected chi connectivity index (χ1v) is 5.98. The van der Waals surface area contributed by atoms with Crippen LogP contribution >= 0.6 is 0 Å². The standard InChI is InChI=1S/C15H17FN2/c1-10-5-4-8-18-14(10)15(17-3)13-7-6-12(16)9-11(13)2/h4-9,15,17H,1-3H3. The zero-order valence-corrected chi connectivity index (χ0v) is 10.9. The molecule has 0 aliphatic heterocycles. The van der Waals surface area contributed by atoms with Crippen molar-refractivity contribution in [2.75, 3.05) is 7.05 Å². The molecule has 2 aromatic rings. The van der Waals surface area contributed by atoms with Crippen LogP contribution in [0.1, 0.15) is 28.4 Å². The average Bonchev–Trinajstić information content (AvgIpc) is 2.34. The van der Waals surface area contributed by atoms with E-state index >= 15 is 0 Å². The Hall–Kier alpha value is -1.74. The first kappa shape index (κ1) is 12.7. The van der Waals surface area contributed by atoms with Gasteiger partial charge in [-0.3, -0.25) is 4.98 Å². The van der Waals surface area contributed by atoms with E-state index in [9.17, 15) is 4.39 Å². The Balaban J connectivity index is 2.49. The normalized spacial score (nSPS) is 12.4. The number of nitrogens with zero attached hydrogens (tertiary/aromatic N) is 1. The summed E-state index contributed by atoms with van der Waals surface area (Å²) < 4.78 is 13.2. The lowest BCUT2D eigenvalue weighted by Crippen LogP contribution is -2.21. The molecule has 1 aromatic heterocycles. The zero-order valence-electron chi connectivity index (χ0n) is 10.9. The number of hydrogen-bond acceptors (Lipinski definition) is 2. The number of benzene rings is 1. The van der Waals surface area contributed by atoms with E-state index in [0.717, 1.165) is 22.4 Å². The fraction of sp³-hybridized carbons (Fsp3) is 0.267. The molecule has 1 heterocycles. The van der Waals surface area contributed by atoms with Gasteiger partial charge in [-0.2, -0.15) is 0 Å². The number of hydrogen-bond donors (Lipinski definition) is 1. The molecule has 0 bridgehead atoms. The summed E-state index contributed by atoms with van der Waals surface area (Å²) in [4.78, 5) is 4.43.